The lowest BCUT2D eigenvalue weighted by molar-refractivity contribution is 0.0946. The maximum atomic E-state index is 12.2. The minimum absolute atomic E-state index is 0.174. The van der Waals surface area contributed by atoms with Crippen molar-refractivity contribution < 1.29 is 9.53 Å². The Kier molecular flexibility index (Phi) is 7.24. The summed E-state index contributed by atoms with van der Waals surface area (Å²) in [5.41, 5.74) is 1.55. The van der Waals surface area contributed by atoms with Gasteiger partial charge in [0.25, 0.3) is 5.91 Å². The molecule has 0 spiro atoms. The van der Waals surface area contributed by atoms with Crippen molar-refractivity contribution in [3.8, 4) is 5.75 Å². The Hall–Kier alpha value is -2.87. The zero-order chi connectivity index (χ0) is 20.6. The number of benzene rings is 1. The van der Waals surface area contributed by atoms with Crippen LogP contribution < -0.4 is 19.9 Å². The number of carbonyl (C=O) groups is 1. The zero-order valence-electron chi connectivity index (χ0n) is 17.5. The normalized spacial score (nSPS) is 14.2. The Bertz CT molecular complexity index is 771. The molecule has 1 aliphatic heterocycles. The maximum absolute atomic E-state index is 12.2. The van der Waals surface area contributed by atoms with Crippen molar-refractivity contribution >= 4 is 17.4 Å². The molecule has 2 heterocycles. The van der Waals surface area contributed by atoms with Crippen molar-refractivity contribution in [3.63, 3.8) is 0 Å². The lowest BCUT2D eigenvalue weighted by Crippen LogP contribution is -2.47. The van der Waals surface area contributed by atoms with E-state index in [1.807, 2.05) is 32.3 Å². The largest absolute Gasteiger partial charge is 0.497 e. The molecule has 0 radical (unpaired) electrons. The number of carbonyl (C=O) groups excluding carboxylic acids is 1. The highest BCUT2D eigenvalue weighted by molar-refractivity contribution is 5.92. The van der Waals surface area contributed by atoms with Crippen molar-refractivity contribution in [1.82, 2.24) is 20.4 Å². The van der Waals surface area contributed by atoms with Crippen LogP contribution in [0.5, 0.6) is 5.75 Å². The number of methoxy groups -OCH3 is 1. The lowest BCUT2D eigenvalue weighted by Gasteiger charge is -2.36. The highest BCUT2D eigenvalue weighted by atomic mass is 16.5. The third-order valence-corrected chi connectivity index (χ3v) is 4.99. The second-order valence-corrected chi connectivity index (χ2v) is 7.36. The van der Waals surface area contributed by atoms with Gasteiger partial charge in [-0.05, 0) is 63.5 Å². The van der Waals surface area contributed by atoms with Crippen molar-refractivity contribution in [2.75, 3.05) is 70.3 Å². The van der Waals surface area contributed by atoms with Crippen molar-refractivity contribution in [2.24, 2.45) is 0 Å². The number of piperazine rings is 1. The van der Waals surface area contributed by atoms with E-state index in [0.29, 0.717) is 12.2 Å². The van der Waals surface area contributed by atoms with E-state index in [-0.39, 0.29) is 5.91 Å². The molecule has 1 aliphatic rings. The van der Waals surface area contributed by atoms with Crippen molar-refractivity contribution in [2.45, 2.75) is 6.42 Å². The minimum atomic E-state index is -0.174. The SMILES string of the molecule is COc1ccc(N2CCN(c3ccc(C(=O)NCCCN(C)C)nn3)CC2)cc1. The number of hydrogen-bond donors (Lipinski definition) is 1. The fraction of sp³-hybridized carbons (Fsp3) is 0.476. The molecule has 1 amide bonds. The highest BCUT2D eigenvalue weighted by Crippen LogP contribution is 2.21. The van der Waals surface area contributed by atoms with Crippen LogP contribution in [-0.4, -0.2) is 81.5 Å². The fourth-order valence-electron chi connectivity index (χ4n) is 3.29. The smallest absolute Gasteiger partial charge is 0.271 e. The maximum Gasteiger partial charge on any atom is 0.271 e. The third-order valence-electron chi connectivity index (χ3n) is 4.99. The first-order valence-electron chi connectivity index (χ1n) is 9.97. The molecule has 2 aromatic rings. The molecule has 8 nitrogen and oxygen atoms in total. The molecule has 0 atom stereocenters. The second-order valence-electron chi connectivity index (χ2n) is 7.36. The summed E-state index contributed by atoms with van der Waals surface area (Å²) in [6, 6.07) is 11.8. The van der Waals surface area contributed by atoms with Gasteiger partial charge in [-0.25, -0.2) is 0 Å². The standard InChI is InChI=1S/C21H30N6O2/c1-25(2)12-4-11-22-21(28)19-9-10-20(24-23-19)27-15-13-26(14-16-27)17-5-7-18(29-3)8-6-17/h5-10H,4,11-16H2,1-3H3,(H,22,28). The molecule has 8 heteroatoms. The average Bonchev–Trinajstić information content (AvgIpc) is 2.77. The van der Waals surface area contributed by atoms with Crippen molar-refractivity contribution in [3.05, 3.63) is 42.1 Å². The van der Waals surface area contributed by atoms with Crippen LogP contribution >= 0.6 is 0 Å². The van der Waals surface area contributed by atoms with Gasteiger partial charge in [0, 0.05) is 38.4 Å². The Labute approximate surface area is 172 Å². The molecule has 0 saturated carbocycles. The number of ether oxygens (including phenoxy) is 1. The van der Waals surface area contributed by atoms with Crippen LogP contribution in [0, 0.1) is 0 Å². The molecule has 29 heavy (non-hydrogen) atoms. The van der Waals surface area contributed by atoms with Crippen LogP contribution in [-0.2, 0) is 0 Å². The molecular formula is C21H30N6O2. The summed E-state index contributed by atoms with van der Waals surface area (Å²) in [7, 11) is 5.71. The summed E-state index contributed by atoms with van der Waals surface area (Å²) in [5.74, 6) is 1.50. The molecule has 1 aromatic carbocycles. The summed E-state index contributed by atoms with van der Waals surface area (Å²) in [6.07, 6.45) is 0.905. The molecular weight excluding hydrogens is 368 g/mol. The number of anilines is 2. The number of hydrogen-bond acceptors (Lipinski definition) is 7. The summed E-state index contributed by atoms with van der Waals surface area (Å²) in [6.45, 7) is 5.10. The van der Waals surface area contributed by atoms with Gasteiger partial charge in [-0.3, -0.25) is 4.79 Å². The van der Waals surface area contributed by atoms with E-state index in [0.717, 1.165) is 50.7 Å². The molecule has 1 fully saturated rings. The van der Waals surface area contributed by atoms with Crippen molar-refractivity contribution in [1.29, 1.82) is 0 Å². The van der Waals surface area contributed by atoms with Gasteiger partial charge < -0.3 is 24.8 Å². The van der Waals surface area contributed by atoms with E-state index in [1.54, 1.807) is 13.2 Å². The third kappa shape index (κ3) is 5.80. The lowest BCUT2D eigenvalue weighted by atomic mass is 10.2. The quantitative estimate of drug-likeness (QED) is 0.676. The van der Waals surface area contributed by atoms with Crippen LogP contribution in [0.25, 0.3) is 0 Å². The molecule has 0 bridgehead atoms. The number of rotatable bonds is 8. The van der Waals surface area contributed by atoms with E-state index in [1.165, 1.54) is 5.69 Å². The van der Waals surface area contributed by atoms with Gasteiger partial charge in [-0.1, -0.05) is 0 Å². The van der Waals surface area contributed by atoms with Gasteiger partial charge in [-0.2, -0.15) is 0 Å². The van der Waals surface area contributed by atoms with Gasteiger partial charge in [0.15, 0.2) is 11.5 Å². The van der Waals surface area contributed by atoms with E-state index in [4.69, 9.17) is 4.74 Å². The average molecular weight is 399 g/mol. The molecule has 3 rings (SSSR count). The Morgan fingerprint density at radius 2 is 1.72 bits per heavy atom. The Balaban J connectivity index is 1.48. The van der Waals surface area contributed by atoms with Gasteiger partial charge in [-0.15, -0.1) is 10.2 Å². The monoisotopic (exact) mass is 398 g/mol. The Morgan fingerprint density at radius 3 is 2.31 bits per heavy atom. The van der Waals surface area contributed by atoms with E-state index in [2.05, 4.69) is 42.3 Å². The van der Waals surface area contributed by atoms with Crippen LogP contribution in [0.4, 0.5) is 11.5 Å². The summed E-state index contributed by atoms with van der Waals surface area (Å²) in [5, 5.41) is 11.3. The summed E-state index contributed by atoms with van der Waals surface area (Å²) >= 11 is 0. The van der Waals surface area contributed by atoms with E-state index < -0.39 is 0 Å². The number of nitrogens with one attached hydrogen (secondary N) is 1. The van der Waals surface area contributed by atoms with Crippen LogP contribution in [0.3, 0.4) is 0 Å². The van der Waals surface area contributed by atoms with Crippen LogP contribution in [0.1, 0.15) is 16.9 Å². The minimum Gasteiger partial charge on any atom is -0.497 e. The van der Waals surface area contributed by atoms with Gasteiger partial charge in [0.1, 0.15) is 5.75 Å². The van der Waals surface area contributed by atoms with Crippen LogP contribution in [0.2, 0.25) is 0 Å². The van der Waals surface area contributed by atoms with Gasteiger partial charge >= 0.3 is 0 Å². The first kappa shape index (κ1) is 20.9. The number of nitrogens with zero attached hydrogens (tertiary/aromatic N) is 5. The molecule has 156 valence electrons. The summed E-state index contributed by atoms with van der Waals surface area (Å²) < 4.78 is 5.22. The Morgan fingerprint density at radius 1 is 1.03 bits per heavy atom. The zero-order valence-corrected chi connectivity index (χ0v) is 17.5. The number of aromatic nitrogens is 2. The fourth-order valence-corrected chi connectivity index (χ4v) is 3.29. The van der Waals surface area contributed by atoms with Gasteiger partial charge in [0.2, 0.25) is 0 Å². The number of amides is 1. The first-order chi connectivity index (χ1) is 14.1. The molecule has 1 N–H and O–H groups in total. The van der Waals surface area contributed by atoms with E-state index >= 15 is 0 Å². The topological polar surface area (TPSA) is 73.8 Å². The van der Waals surface area contributed by atoms with Crippen LogP contribution in [0.15, 0.2) is 36.4 Å². The predicted molar refractivity (Wildman–Crippen MR) is 115 cm³/mol. The predicted octanol–water partition coefficient (Wildman–Crippen LogP) is 1.49. The molecule has 0 unspecified atom stereocenters. The second kappa shape index (κ2) is 10.1. The molecule has 1 saturated heterocycles. The highest BCUT2D eigenvalue weighted by Gasteiger charge is 2.19. The first-order valence-corrected chi connectivity index (χ1v) is 9.97. The molecule has 0 aliphatic carbocycles. The van der Waals surface area contributed by atoms with Gasteiger partial charge in [0.05, 0.1) is 7.11 Å². The molecule has 1 aromatic heterocycles. The summed E-state index contributed by atoms with van der Waals surface area (Å²) in [4.78, 5) is 18.8. The van der Waals surface area contributed by atoms with E-state index in [9.17, 15) is 4.79 Å².